The van der Waals surface area contributed by atoms with Crippen LogP contribution >= 0.6 is 11.8 Å². The fourth-order valence-corrected chi connectivity index (χ4v) is 3.24. The van der Waals surface area contributed by atoms with Gasteiger partial charge in [0.05, 0.1) is 12.6 Å². The highest BCUT2D eigenvalue weighted by atomic mass is 32.2. The summed E-state index contributed by atoms with van der Waals surface area (Å²) in [6.45, 7) is 1.95. The summed E-state index contributed by atoms with van der Waals surface area (Å²) in [5.41, 5.74) is 0.494. The molecule has 1 fully saturated rings. The molecule has 0 aliphatic carbocycles. The lowest BCUT2D eigenvalue weighted by Crippen LogP contribution is -2.50. The minimum atomic E-state index is -0.787. The lowest BCUT2D eigenvalue weighted by Gasteiger charge is -2.26. The first-order chi connectivity index (χ1) is 10.1. The van der Waals surface area contributed by atoms with E-state index in [1.54, 1.807) is 31.2 Å². The first kappa shape index (κ1) is 15.6. The van der Waals surface area contributed by atoms with Crippen LogP contribution in [-0.2, 0) is 14.3 Å². The summed E-state index contributed by atoms with van der Waals surface area (Å²) in [5, 5.41) is 2.69. The third-order valence-corrected chi connectivity index (χ3v) is 4.31. The lowest BCUT2D eigenvalue weighted by molar-refractivity contribution is -0.151. The Labute approximate surface area is 127 Å². The standard InChI is InChI=1S/C15H17NO4S/c1-2-20-15(19)11-8-21-9-12(13(11)17)16-14(18)10-6-4-3-5-7-10/h3-7,11-12H,2,8-9H2,1H3,(H,16,18). The van der Waals surface area contributed by atoms with Gasteiger partial charge in [0.25, 0.3) is 5.91 Å². The van der Waals surface area contributed by atoms with Crippen LogP contribution in [0.1, 0.15) is 17.3 Å². The number of esters is 1. The number of amides is 1. The van der Waals surface area contributed by atoms with Gasteiger partial charge in [-0.3, -0.25) is 14.4 Å². The van der Waals surface area contributed by atoms with Crippen molar-refractivity contribution in [3.8, 4) is 0 Å². The molecule has 1 heterocycles. The van der Waals surface area contributed by atoms with Crippen LogP contribution in [-0.4, -0.2) is 41.8 Å². The minimum Gasteiger partial charge on any atom is -0.465 e. The molecule has 1 aromatic carbocycles. The predicted octanol–water partition coefficient (Wildman–Crippen LogP) is 1.28. The number of hydrogen-bond acceptors (Lipinski definition) is 5. The largest absolute Gasteiger partial charge is 0.465 e. The van der Waals surface area contributed by atoms with E-state index in [-0.39, 0.29) is 18.3 Å². The summed E-state index contributed by atoms with van der Waals surface area (Å²) in [7, 11) is 0. The van der Waals surface area contributed by atoms with E-state index in [0.717, 1.165) is 0 Å². The van der Waals surface area contributed by atoms with Gasteiger partial charge in [-0.1, -0.05) is 18.2 Å². The molecule has 112 valence electrons. The van der Waals surface area contributed by atoms with Gasteiger partial charge >= 0.3 is 5.97 Å². The summed E-state index contributed by atoms with van der Waals surface area (Å²) in [6, 6.07) is 8.04. The maximum atomic E-state index is 12.3. The molecule has 0 radical (unpaired) electrons. The number of nitrogens with one attached hydrogen (secondary N) is 1. The molecule has 0 aromatic heterocycles. The van der Waals surface area contributed by atoms with E-state index in [2.05, 4.69) is 5.32 Å². The zero-order chi connectivity index (χ0) is 15.2. The molecule has 1 saturated heterocycles. The van der Waals surface area contributed by atoms with Crippen LogP contribution in [0.25, 0.3) is 0 Å². The highest BCUT2D eigenvalue weighted by Gasteiger charge is 2.38. The number of Topliss-reactive ketones (excluding diaryl/α,β-unsaturated/α-hetero) is 1. The maximum Gasteiger partial charge on any atom is 0.317 e. The third-order valence-electron chi connectivity index (χ3n) is 3.17. The molecule has 0 bridgehead atoms. The Morgan fingerprint density at radius 2 is 2.00 bits per heavy atom. The van der Waals surface area contributed by atoms with Gasteiger partial charge in [-0.05, 0) is 19.1 Å². The molecule has 2 rings (SSSR count). The molecule has 1 aromatic rings. The van der Waals surface area contributed by atoms with Crippen molar-refractivity contribution in [2.24, 2.45) is 5.92 Å². The topological polar surface area (TPSA) is 72.5 Å². The smallest absolute Gasteiger partial charge is 0.317 e. The molecule has 5 nitrogen and oxygen atoms in total. The maximum absolute atomic E-state index is 12.3. The van der Waals surface area contributed by atoms with E-state index in [9.17, 15) is 14.4 Å². The minimum absolute atomic E-state index is 0.244. The molecule has 0 saturated carbocycles. The number of carbonyl (C=O) groups is 3. The molecule has 2 atom stereocenters. The monoisotopic (exact) mass is 307 g/mol. The normalized spacial score (nSPS) is 21.7. The Balaban J connectivity index is 2.01. The number of ketones is 1. The summed E-state index contributed by atoms with van der Waals surface area (Å²) in [6.07, 6.45) is 0. The quantitative estimate of drug-likeness (QED) is 0.670. The van der Waals surface area contributed by atoms with Crippen molar-refractivity contribution >= 4 is 29.4 Å². The van der Waals surface area contributed by atoms with Crippen LogP contribution in [0.15, 0.2) is 30.3 Å². The summed E-state index contributed by atoms with van der Waals surface area (Å²) in [4.78, 5) is 36.1. The number of benzene rings is 1. The second-order valence-electron chi connectivity index (χ2n) is 4.64. The molecule has 1 N–H and O–H groups in total. The zero-order valence-electron chi connectivity index (χ0n) is 11.7. The first-order valence-corrected chi connectivity index (χ1v) is 7.93. The Morgan fingerprint density at radius 3 is 2.67 bits per heavy atom. The second-order valence-corrected chi connectivity index (χ2v) is 5.71. The molecular weight excluding hydrogens is 290 g/mol. The molecule has 1 aliphatic rings. The van der Waals surface area contributed by atoms with Crippen molar-refractivity contribution in [3.63, 3.8) is 0 Å². The van der Waals surface area contributed by atoms with E-state index < -0.39 is 17.9 Å². The van der Waals surface area contributed by atoms with E-state index in [0.29, 0.717) is 17.1 Å². The fourth-order valence-electron chi connectivity index (χ4n) is 2.08. The van der Waals surface area contributed by atoms with Gasteiger partial charge in [0.1, 0.15) is 5.92 Å². The second kappa shape index (κ2) is 7.26. The van der Waals surface area contributed by atoms with Gasteiger partial charge in [0, 0.05) is 17.1 Å². The summed E-state index contributed by atoms with van der Waals surface area (Å²) < 4.78 is 4.90. The number of thioether (sulfide) groups is 1. The molecule has 2 unspecified atom stereocenters. The van der Waals surface area contributed by atoms with Crippen molar-refractivity contribution in [2.45, 2.75) is 13.0 Å². The number of carbonyl (C=O) groups excluding carboxylic acids is 3. The molecule has 1 amide bonds. The summed E-state index contributed by atoms with van der Waals surface area (Å²) >= 11 is 1.47. The SMILES string of the molecule is CCOC(=O)C1CSCC(NC(=O)c2ccccc2)C1=O. The van der Waals surface area contributed by atoms with Crippen molar-refractivity contribution in [3.05, 3.63) is 35.9 Å². The Hall–Kier alpha value is -1.82. The predicted molar refractivity (Wildman–Crippen MR) is 80.2 cm³/mol. The van der Waals surface area contributed by atoms with Crippen molar-refractivity contribution in [2.75, 3.05) is 18.1 Å². The van der Waals surface area contributed by atoms with Crippen molar-refractivity contribution in [1.82, 2.24) is 5.32 Å². The first-order valence-electron chi connectivity index (χ1n) is 6.77. The van der Waals surface area contributed by atoms with Crippen LogP contribution in [0.3, 0.4) is 0 Å². The van der Waals surface area contributed by atoms with Crippen LogP contribution < -0.4 is 5.32 Å². The van der Waals surface area contributed by atoms with Gasteiger partial charge in [-0.25, -0.2) is 0 Å². The van der Waals surface area contributed by atoms with E-state index in [1.165, 1.54) is 11.8 Å². The zero-order valence-corrected chi connectivity index (χ0v) is 12.5. The van der Waals surface area contributed by atoms with E-state index in [4.69, 9.17) is 4.74 Å². The third kappa shape index (κ3) is 3.85. The highest BCUT2D eigenvalue weighted by molar-refractivity contribution is 7.99. The Kier molecular flexibility index (Phi) is 5.38. The number of ether oxygens (including phenoxy) is 1. The van der Waals surface area contributed by atoms with Gasteiger partial charge < -0.3 is 10.1 Å². The van der Waals surface area contributed by atoms with Crippen LogP contribution in [0.5, 0.6) is 0 Å². The van der Waals surface area contributed by atoms with Crippen molar-refractivity contribution in [1.29, 1.82) is 0 Å². The summed E-state index contributed by atoms with van der Waals surface area (Å²) in [5.74, 6) is -0.975. The van der Waals surface area contributed by atoms with Crippen LogP contribution in [0, 0.1) is 5.92 Å². The lowest BCUT2D eigenvalue weighted by atomic mass is 10.00. The van der Waals surface area contributed by atoms with Crippen LogP contribution in [0.4, 0.5) is 0 Å². The molecule has 1 aliphatic heterocycles. The van der Waals surface area contributed by atoms with E-state index in [1.807, 2.05) is 6.07 Å². The molecule has 0 spiro atoms. The van der Waals surface area contributed by atoms with Gasteiger partial charge in [-0.15, -0.1) is 0 Å². The number of hydrogen-bond donors (Lipinski definition) is 1. The van der Waals surface area contributed by atoms with Gasteiger partial charge in [0.15, 0.2) is 5.78 Å². The molecular formula is C15H17NO4S. The molecule has 6 heteroatoms. The van der Waals surface area contributed by atoms with Gasteiger partial charge in [-0.2, -0.15) is 11.8 Å². The van der Waals surface area contributed by atoms with Crippen LogP contribution in [0.2, 0.25) is 0 Å². The Morgan fingerprint density at radius 1 is 1.29 bits per heavy atom. The molecule has 21 heavy (non-hydrogen) atoms. The Bertz CT molecular complexity index is 532. The average Bonchev–Trinajstić information content (AvgIpc) is 2.50. The average molecular weight is 307 g/mol. The van der Waals surface area contributed by atoms with E-state index >= 15 is 0 Å². The highest BCUT2D eigenvalue weighted by Crippen LogP contribution is 2.22. The fraction of sp³-hybridized carbons (Fsp3) is 0.400. The van der Waals surface area contributed by atoms with Gasteiger partial charge in [0.2, 0.25) is 0 Å². The van der Waals surface area contributed by atoms with Crippen molar-refractivity contribution < 1.29 is 19.1 Å². The number of rotatable bonds is 4.